The first-order valence-corrected chi connectivity index (χ1v) is 4.78. The van der Waals surface area contributed by atoms with Crippen molar-refractivity contribution in [3.63, 3.8) is 0 Å². The average Bonchev–Trinajstić information content (AvgIpc) is 2.69. The number of pyridine rings is 1. The van der Waals surface area contributed by atoms with Gasteiger partial charge in [0.25, 0.3) is 0 Å². The SMILES string of the molecule is Cl.c1cc(CN[C@H]2CCNC2)ccn1. The Morgan fingerprint density at radius 2 is 2.21 bits per heavy atom. The summed E-state index contributed by atoms with van der Waals surface area (Å²) in [5.74, 6) is 0. The molecule has 0 unspecified atom stereocenters. The van der Waals surface area contributed by atoms with Gasteiger partial charge in [-0.15, -0.1) is 12.4 Å². The van der Waals surface area contributed by atoms with E-state index >= 15 is 0 Å². The van der Waals surface area contributed by atoms with E-state index in [0.29, 0.717) is 6.04 Å². The van der Waals surface area contributed by atoms with Crippen LogP contribution in [0, 0.1) is 0 Å². The van der Waals surface area contributed by atoms with Crippen molar-refractivity contribution >= 4 is 12.4 Å². The average molecular weight is 214 g/mol. The topological polar surface area (TPSA) is 37.0 Å². The van der Waals surface area contributed by atoms with Crippen molar-refractivity contribution < 1.29 is 0 Å². The van der Waals surface area contributed by atoms with Crippen LogP contribution in [0.1, 0.15) is 12.0 Å². The molecule has 1 saturated heterocycles. The molecule has 2 heterocycles. The van der Waals surface area contributed by atoms with Gasteiger partial charge in [-0.25, -0.2) is 0 Å². The number of hydrogen-bond acceptors (Lipinski definition) is 3. The first-order chi connectivity index (χ1) is 6.45. The van der Waals surface area contributed by atoms with Crippen LogP contribution in [0.25, 0.3) is 0 Å². The number of halogens is 1. The lowest BCUT2D eigenvalue weighted by atomic mass is 10.2. The van der Waals surface area contributed by atoms with E-state index in [9.17, 15) is 0 Å². The van der Waals surface area contributed by atoms with Crippen LogP contribution >= 0.6 is 12.4 Å². The smallest absolute Gasteiger partial charge is 0.0271 e. The Balaban J connectivity index is 0.000000980. The standard InChI is InChI=1S/C10H15N3.ClH/c1-4-11-5-2-9(1)7-13-10-3-6-12-8-10;/h1-2,4-5,10,12-13H,3,6-8H2;1H/t10-;/m0./s1. The Labute approximate surface area is 90.7 Å². The molecule has 0 spiro atoms. The van der Waals surface area contributed by atoms with Gasteiger partial charge < -0.3 is 10.6 Å². The van der Waals surface area contributed by atoms with Gasteiger partial charge in [0.05, 0.1) is 0 Å². The zero-order chi connectivity index (χ0) is 8.93. The molecule has 1 aromatic heterocycles. The van der Waals surface area contributed by atoms with E-state index < -0.39 is 0 Å². The van der Waals surface area contributed by atoms with Crippen LogP contribution < -0.4 is 10.6 Å². The summed E-state index contributed by atoms with van der Waals surface area (Å²) >= 11 is 0. The van der Waals surface area contributed by atoms with Gasteiger partial charge in [0.1, 0.15) is 0 Å². The normalized spacial score (nSPS) is 20.4. The molecule has 14 heavy (non-hydrogen) atoms. The highest BCUT2D eigenvalue weighted by Crippen LogP contribution is 2.00. The molecular formula is C10H16ClN3. The van der Waals surface area contributed by atoms with Crippen LogP contribution in [0.3, 0.4) is 0 Å². The summed E-state index contributed by atoms with van der Waals surface area (Å²) in [5.41, 5.74) is 1.31. The van der Waals surface area contributed by atoms with Gasteiger partial charge in [0.2, 0.25) is 0 Å². The van der Waals surface area contributed by atoms with Crippen molar-refractivity contribution in [2.45, 2.75) is 19.0 Å². The second-order valence-electron chi connectivity index (χ2n) is 3.43. The van der Waals surface area contributed by atoms with Gasteiger partial charge in [-0.1, -0.05) is 0 Å². The molecule has 3 nitrogen and oxygen atoms in total. The predicted octanol–water partition coefficient (Wildman–Crippen LogP) is 0.955. The number of nitrogens with one attached hydrogen (secondary N) is 2. The molecular weight excluding hydrogens is 198 g/mol. The zero-order valence-corrected chi connectivity index (χ0v) is 8.89. The second kappa shape index (κ2) is 5.96. The van der Waals surface area contributed by atoms with Gasteiger partial charge in [-0.05, 0) is 30.7 Å². The van der Waals surface area contributed by atoms with E-state index in [4.69, 9.17) is 0 Å². The molecule has 1 aliphatic heterocycles. The minimum Gasteiger partial charge on any atom is -0.315 e. The molecule has 0 saturated carbocycles. The molecule has 1 atom stereocenters. The summed E-state index contributed by atoms with van der Waals surface area (Å²) in [6.45, 7) is 3.20. The molecule has 1 aromatic rings. The Morgan fingerprint density at radius 3 is 2.86 bits per heavy atom. The third-order valence-corrected chi connectivity index (χ3v) is 2.40. The summed E-state index contributed by atoms with van der Waals surface area (Å²) < 4.78 is 0. The van der Waals surface area contributed by atoms with Crippen molar-refractivity contribution in [2.75, 3.05) is 13.1 Å². The van der Waals surface area contributed by atoms with Gasteiger partial charge in [0.15, 0.2) is 0 Å². The zero-order valence-electron chi connectivity index (χ0n) is 8.07. The van der Waals surface area contributed by atoms with Crippen LogP contribution in [-0.4, -0.2) is 24.1 Å². The summed E-state index contributed by atoms with van der Waals surface area (Å²) in [6.07, 6.45) is 4.92. The maximum absolute atomic E-state index is 3.99. The molecule has 4 heteroatoms. The monoisotopic (exact) mass is 213 g/mol. The molecule has 0 aromatic carbocycles. The molecule has 2 rings (SSSR count). The fourth-order valence-corrected chi connectivity index (χ4v) is 1.59. The van der Waals surface area contributed by atoms with Crippen molar-refractivity contribution in [2.24, 2.45) is 0 Å². The van der Waals surface area contributed by atoms with Crippen molar-refractivity contribution in [1.82, 2.24) is 15.6 Å². The van der Waals surface area contributed by atoms with Crippen molar-refractivity contribution in [3.05, 3.63) is 30.1 Å². The van der Waals surface area contributed by atoms with Gasteiger partial charge in [-0.3, -0.25) is 4.98 Å². The van der Waals surface area contributed by atoms with E-state index in [2.05, 4.69) is 27.8 Å². The third-order valence-electron chi connectivity index (χ3n) is 2.40. The van der Waals surface area contributed by atoms with Gasteiger partial charge in [-0.2, -0.15) is 0 Å². The molecule has 1 fully saturated rings. The summed E-state index contributed by atoms with van der Waals surface area (Å²) in [5, 5.41) is 6.84. The number of nitrogens with zero attached hydrogens (tertiary/aromatic N) is 1. The molecule has 0 bridgehead atoms. The van der Waals surface area contributed by atoms with Crippen molar-refractivity contribution in [3.8, 4) is 0 Å². The van der Waals surface area contributed by atoms with E-state index in [0.717, 1.165) is 19.6 Å². The fraction of sp³-hybridized carbons (Fsp3) is 0.500. The van der Waals surface area contributed by atoms with Gasteiger partial charge in [0, 0.05) is 31.5 Å². The Morgan fingerprint density at radius 1 is 1.43 bits per heavy atom. The molecule has 78 valence electrons. The maximum Gasteiger partial charge on any atom is 0.0271 e. The first kappa shape index (κ1) is 11.4. The molecule has 0 radical (unpaired) electrons. The molecule has 2 N–H and O–H groups in total. The van der Waals surface area contributed by atoms with Crippen LogP contribution in [0.2, 0.25) is 0 Å². The van der Waals surface area contributed by atoms with Crippen LogP contribution in [0.15, 0.2) is 24.5 Å². The molecule has 1 aliphatic rings. The number of aromatic nitrogens is 1. The lowest BCUT2D eigenvalue weighted by Gasteiger charge is -2.10. The lowest BCUT2D eigenvalue weighted by molar-refractivity contribution is 0.547. The largest absolute Gasteiger partial charge is 0.315 e. The Kier molecular flexibility index (Phi) is 4.87. The van der Waals surface area contributed by atoms with Crippen LogP contribution in [0.4, 0.5) is 0 Å². The van der Waals surface area contributed by atoms with E-state index in [1.54, 1.807) is 0 Å². The Hall–Kier alpha value is -0.640. The van der Waals surface area contributed by atoms with Crippen LogP contribution in [-0.2, 0) is 6.54 Å². The highest BCUT2D eigenvalue weighted by Gasteiger charge is 2.12. The lowest BCUT2D eigenvalue weighted by Crippen LogP contribution is -2.30. The summed E-state index contributed by atoms with van der Waals surface area (Å²) in [7, 11) is 0. The summed E-state index contributed by atoms with van der Waals surface area (Å²) in [4.78, 5) is 3.99. The highest BCUT2D eigenvalue weighted by atomic mass is 35.5. The highest BCUT2D eigenvalue weighted by molar-refractivity contribution is 5.85. The third kappa shape index (κ3) is 3.25. The second-order valence-corrected chi connectivity index (χ2v) is 3.43. The van der Waals surface area contributed by atoms with Crippen molar-refractivity contribution in [1.29, 1.82) is 0 Å². The fourth-order valence-electron chi connectivity index (χ4n) is 1.59. The van der Waals surface area contributed by atoms with E-state index in [1.807, 2.05) is 12.4 Å². The van der Waals surface area contributed by atoms with Gasteiger partial charge >= 0.3 is 0 Å². The minimum atomic E-state index is 0. The molecule has 0 amide bonds. The summed E-state index contributed by atoms with van der Waals surface area (Å²) in [6, 6.07) is 4.75. The maximum atomic E-state index is 3.99. The predicted molar refractivity (Wildman–Crippen MR) is 59.6 cm³/mol. The Bertz CT molecular complexity index is 247. The van der Waals surface area contributed by atoms with E-state index in [-0.39, 0.29) is 12.4 Å². The minimum absolute atomic E-state index is 0. The first-order valence-electron chi connectivity index (χ1n) is 4.78. The molecule has 0 aliphatic carbocycles. The number of hydrogen-bond donors (Lipinski definition) is 2. The van der Waals surface area contributed by atoms with E-state index in [1.165, 1.54) is 12.0 Å². The quantitative estimate of drug-likeness (QED) is 0.786. The number of rotatable bonds is 3. The van der Waals surface area contributed by atoms with Crippen LogP contribution in [0.5, 0.6) is 0 Å².